The van der Waals surface area contributed by atoms with Crippen LogP contribution < -0.4 is 10.1 Å². The van der Waals surface area contributed by atoms with Crippen molar-refractivity contribution in [3.63, 3.8) is 0 Å². The lowest BCUT2D eigenvalue weighted by Gasteiger charge is -2.11. The average molecular weight is 245 g/mol. The lowest BCUT2D eigenvalue weighted by atomic mass is 10.00. The highest BCUT2D eigenvalue weighted by molar-refractivity contribution is 5.68. The molecule has 2 aromatic rings. The molecule has 2 N–H and O–H groups in total. The van der Waals surface area contributed by atoms with Crippen LogP contribution in [-0.2, 0) is 6.54 Å². The zero-order valence-electron chi connectivity index (χ0n) is 11.3. The van der Waals surface area contributed by atoms with E-state index in [0.717, 1.165) is 34.7 Å². The van der Waals surface area contributed by atoms with Crippen molar-refractivity contribution in [1.29, 1.82) is 0 Å². The minimum Gasteiger partial charge on any atom is -0.496 e. The third-order valence-electron chi connectivity index (χ3n) is 3.05. The van der Waals surface area contributed by atoms with Crippen molar-refractivity contribution in [3.05, 3.63) is 35.2 Å². The number of H-pyrrole nitrogens is 1. The Morgan fingerprint density at radius 3 is 2.50 bits per heavy atom. The van der Waals surface area contributed by atoms with Crippen LogP contribution in [0.1, 0.15) is 16.8 Å². The Morgan fingerprint density at radius 2 is 1.94 bits per heavy atom. The van der Waals surface area contributed by atoms with Crippen molar-refractivity contribution in [2.75, 3.05) is 14.2 Å². The van der Waals surface area contributed by atoms with E-state index in [4.69, 9.17) is 4.74 Å². The van der Waals surface area contributed by atoms with Gasteiger partial charge in [0, 0.05) is 12.1 Å². The number of hydrogen-bond donors (Lipinski definition) is 2. The standard InChI is InChI=1S/C14H19N3O/c1-9-5-11(6-10(2)14(9)18-4)12-7-16-17-13(12)8-15-3/h5-7,15H,8H2,1-4H3,(H,16,17). The van der Waals surface area contributed by atoms with Crippen LogP contribution in [0, 0.1) is 13.8 Å². The quantitative estimate of drug-likeness (QED) is 0.869. The molecule has 0 spiro atoms. The summed E-state index contributed by atoms with van der Waals surface area (Å²) < 4.78 is 5.39. The molecule has 0 bridgehead atoms. The number of nitrogens with zero attached hydrogens (tertiary/aromatic N) is 1. The zero-order valence-corrected chi connectivity index (χ0v) is 11.3. The van der Waals surface area contributed by atoms with Crippen molar-refractivity contribution in [2.45, 2.75) is 20.4 Å². The van der Waals surface area contributed by atoms with Gasteiger partial charge >= 0.3 is 0 Å². The van der Waals surface area contributed by atoms with E-state index < -0.39 is 0 Å². The van der Waals surface area contributed by atoms with Crippen molar-refractivity contribution in [2.24, 2.45) is 0 Å². The molecular weight excluding hydrogens is 226 g/mol. The van der Waals surface area contributed by atoms with Gasteiger partial charge in [0.1, 0.15) is 5.75 Å². The van der Waals surface area contributed by atoms with E-state index in [1.165, 1.54) is 5.56 Å². The van der Waals surface area contributed by atoms with Crippen LogP contribution in [0.15, 0.2) is 18.3 Å². The Balaban J connectivity index is 2.48. The minimum absolute atomic E-state index is 0.777. The number of aryl methyl sites for hydroxylation is 2. The molecular formula is C14H19N3O. The van der Waals surface area contributed by atoms with Gasteiger partial charge in [0.2, 0.25) is 0 Å². The van der Waals surface area contributed by atoms with E-state index in [0.29, 0.717) is 0 Å². The molecule has 18 heavy (non-hydrogen) atoms. The summed E-state index contributed by atoms with van der Waals surface area (Å²) in [5, 5.41) is 10.3. The Labute approximate surface area is 107 Å². The van der Waals surface area contributed by atoms with Crippen LogP contribution in [0.5, 0.6) is 5.75 Å². The van der Waals surface area contributed by atoms with E-state index >= 15 is 0 Å². The molecule has 96 valence electrons. The molecule has 0 amide bonds. The summed E-state index contributed by atoms with van der Waals surface area (Å²) in [5.41, 5.74) is 5.69. The monoisotopic (exact) mass is 245 g/mol. The summed E-state index contributed by atoms with van der Waals surface area (Å²) in [6.07, 6.45) is 1.87. The maximum absolute atomic E-state index is 5.39. The maximum Gasteiger partial charge on any atom is 0.124 e. The van der Waals surface area contributed by atoms with E-state index in [1.54, 1.807) is 7.11 Å². The number of aromatic amines is 1. The fourth-order valence-electron chi connectivity index (χ4n) is 2.30. The third-order valence-corrected chi connectivity index (χ3v) is 3.05. The summed E-state index contributed by atoms with van der Waals surface area (Å²) in [5.74, 6) is 0.956. The van der Waals surface area contributed by atoms with Crippen molar-refractivity contribution < 1.29 is 4.74 Å². The molecule has 0 saturated heterocycles. The first kappa shape index (κ1) is 12.6. The molecule has 4 nitrogen and oxygen atoms in total. The molecule has 0 radical (unpaired) electrons. The van der Waals surface area contributed by atoms with Crippen LogP contribution in [0.3, 0.4) is 0 Å². The smallest absolute Gasteiger partial charge is 0.124 e. The summed E-state index contributed by atoms with van der Waals surface area (Å²) in [6, 6.07) is 4.27. The fourth-order valence-corrected chi connectivity index (χ4v) is 2.30. The SMILES string of the molecule is CNCc1[nH]ncc1-c1cc(C)c(OC)c(C)c1. The fraction of sp³-hybridized carbons (Fsp3) is 0.357. The molecule has 0 aliphatic rings. The average Bonchev–Trinajstić information content (AvgIpc) is 2.77. The first-order valence-electron chi connectivity index (χ1n) is 5.99. The number of aromatic nitrogens is 2. The second kappa shape index (κ2) is 5.23. The van der Waals surface area contributed by atoms with E-state index in [9.17, 15) is 0 Å². The van der Waals surface area contributed by atoms with Crippen LogP contribution in [0.25, 0.3) is 11.1 Å². The number of hydrogen-bond acceptors (Lipinski definition) is 3. The van der Waals surface area contributed by atoms with Crippen molar-refractivity contribution >= 4 is 0 Å². The molecule has 0 aliphatic heterocycles. The Morgan fingerprint density at radius 1 is 1.28 bits per heavy atom. The first-order valence-corrected chi connectivity index (χ1v) is 5.99. The summed E-state index contributed by atoms with van der Waals surface area (Å²) in [7, 11) is 3.63. The molecule has 1 heterocycles. The van der Waals surface area contributed by atoms with E-state index in [1.807, 2.05) is 13.2 Å². The van der Waals surface area contributed by atoms with Gasteiger partial charge in [-0.2, -0.15) is 5.10 Å². The number of ether oxygens (including phenoxy) is 1. The molecule has 0 saturated carbocycles. The molecule has 2 rings (SSSR count). The lowest BCUT2D eigenvalue weighted by molar-refractivity contribution is 0.408. The van der Waals surface area contributed by atoms with Gasteiger partial charge < -0.3 is 10.1 Å². The van der Waals surface area contributed by atoms with Gasteiger partial charge in [0.15, 0.2) is 0 Å². The predicted octanol–water partition coefficient (Wildman–Crippen LogP) is 2.42. The van der Waals surface area contributed by atoms with E-state index in [-0.39, 0.29) is 0 Å². The van der Waals surface area contributed by atoms with Crippen molar-refractivity contribution in [1.82, 2.24) is 15.5 Å². The molecule has 0 fully saturated rings. The second-order valence-electron chi connectivity index (χ2n) is 4.44. The van der Waals surface area contributed by atoms with Crippen LogP contribution in [0.4, 0.5) is 0 Å². The molecule has 0 unspecified atom stereocenters. The summed E-state index contributed by atoms with van der Waals surface area (Å²) in [6.45, 7) is 4.90. The second-order valence-corrected chi connectivity index (χ2v) is 4.44. The number of rotatable bonds is 4. The summed E-state index contributed by atoms with van der Waals surface area (Å²) in [4.78, 5) is 0. The molecule has 0 atom stereocenters. The first-order chi connectivity index (χ1) is 8.67. The Bertz CT molecular complexity index is 523. The highest BCUT2D eigenvalue weighted by Crippen LogP contribution is 2.30. The molecule has 4 heteroatoms. The van der Waals surface area contributed by atoms with Crippen molar-refractivity contribution in [3.8, 4) is 16.9 Å². The van der Waals surface area contributed by atoms with Gasteiger partial charge in [-0.15, -0.1) is 0 Å². The molecule has 0 aliphatic carbocycles. The van der Waals surface area contributed by atoms with E-state index in [2.05, 4.69) is 41.5 Å². The van der Waals surface area contributed by atoms with Gasteiger partial charge in [0.05, 0.1) is 19.0 Å². The highest BCUT2D eigenvalue weighted by atomic mass is 16.5. The number of nitrogens with one attached hydrogen (secondary N) is 2. The van der Waals surface area contributed by atoms with Gasteiger partial charge in [-0.3, -0.25) is 5.10 Å². The topological polar surface area (TPSA) is 49.9 Å². The maximum atomic E-state index is 5.39. The van der Waals surface area contributed by atoms with Crippen LogP contribution in [0.2, 0.25) is 0 Å². The Kier molecular flexibility index (Phi) is 3.67. The lowest BCUT2D eigenvalue weighted by Crippen LogP contribution is -2.06. The van der Waals surface area contributed by atoms with Gasteiger partial charge in [-0.05, 0) is 49.7 Å². The normalized spacial score (nSPS) is 10.7. The number of methoxy groups -OCH3 is 1. The largest absolute Gasteiger partial charge is 0.496 e. The molecule has 1 aromatic carbocycles. The molecule has 1 aromatic heterocycles. The van der Waals surface area contributed by atoms with Gasteiger partial charge in [-0.1, -0.05) is 0 Å². The van der Waals surface area contributed by atoms with Gasteiger partial charge in [0.25, 0.3) is 0 Å². The summed E-state index contributed by atoms with van der Waals surface area (Å²) >= 11 is 0. The minimum atomic E-state index is 0.777. The Hall–Kier alpha value is -1.81. The van der Waals surface area contributed by atoms with Crippen LogP contribution in [-0.4, -0.2) is 24.4 Å². The predicted molar refractivity (Wildman–Crippen MR) is 72.8 cm³/mol. The highest BCUT2D eigenvalue weighted by Gasteiger charge is 2.11. The van der Waals surface area contributed by atoms with Crippen LogP contribution >= 0.6 is 0 Å². The van der Waals surface area contributed by atoms with Gasteiger partial charge in [-0.25, -0.2) is 0 Å². The third kappa shape index (κ3) is 2.24. The number of benzene rings is 1. The zero-order chi connectivity index (χ0) is 13.1.